The van der Waals surface area contributed by atoms with E-state index >= 15 is 0 Å². The van der Waals surface area contributed by atoms with Gasteiger partial charge in [-0.15, -0.1) is 0 Å². The summed E-state index contributed by atoms with van der Waals surface area (Å²) in [4.78, 5) is 24.2. The van der Waals surface area contributed by atoms with Gasteiger partial charge in [0.05, 0.1) is 11.8 Å². The van der Waals surface area contributed by atoms with Crippen LogP contribution in [0.15, 0.2) is 66.7 Å². The molecule has 0 bridgehead atoms. The minimum Gasteiger partial charge on any atom is -0.508 e. The molecule has 8 nitrogen and oxygen atoms in total. The summed E-state index contributed by atoms with van der Waals surface area (Å²) in [7, 11) is -2.16. The quantitative estimate of drug-likeness (QED) is 0.0782. The first-order chi connectivity index (χ1) is 20.5. The summed E-state index contributed by atoms with van der Waals surface area (Å²) in [5.74, 6) is 0.0875. The number of aromatic hydroxyl groups is 2. The van der Waals surface area contributed by atoms with Gasteiger partial charge in [-0.3, -0.25) is 9.59 Å². The third-order valence-electron chi connectivity index (χ3n) is 8.57. The van der Waals surface area contributed by atoms with Gasteiger partial charge in [-0.05, 0) is 84.6 Å². The summed E-state index contributed by atoms with van der Waals surface area (Å²) in [5, 5.41) is 29.0. The second-order valence-corrected chi connectivity index (χ2v) is 18.5. The minimum absolute atomic E-state index is 0.00101. The first kappa shape index (κ1) is 34.8. The van der Waals surface area contributed by atoms with Crippen LogP contribution >= 0.6 is 0 Å². The van der Waals surface area contributed by atoms with Gasteiger partial charge in [0.15, 0.2) is 8.32 Å². The molecule has 3 rings (SSSR count). The van der Waals surface area contributed by atoms with Crippen LogP contribution in [0, 0.1) is 0 Å². The number of carbonyl (C=O) groups excluding carboxylic acids is 2. The van der Waals surface area contributed by atoms with Crippen molar-refractivity contribution in [2.45, 2.75) is 83.7 Å². The first-order valence-electron chi connectivity index (χ1n) is 15.1. The SMILES string of the molecule is CC(Cc1cccc(C(=O)NCC(C)(C)c2ccc(O)cc2)c1)NCC(O[Si](C)(C)C(C)(C)C)c1ccc(O)c(NC=O)c1. The van der Waals surface area contributed by atoms with Crippen molar-refractivity contribution in [2.75, 3.05) is 18.4 Å². The highest BCUT2D eigenvalue weighted by molar-refractivity contribution is 6.74. The van der Waals surface area contributed by atoms with Crippen LogP contribution in [0.3, 0.4) is 0 Å². The van der Waals surface area contributed by atoms with Crippen LogP contribution in [0.25, 0.3) is 0 Å². The molecule has 2 amide bonds. The highest BCUT2D eigenvalue weighted by Crippen LogP contribution is 2.40. The second kappa shape index (κ2) is 14.4. The number of hydrogen-bond acceptors (Lipinski definition) is 6. The minimum atomic E-state index is -2.16. The maximum Gasteiger partial charge on any atom is 0.251 e. The first-order valence-corrected chi connectivity index (χ1v) is 18.0. The molecule has 2 unspecified atom stereocenters. The zero-order valence-electron chi connectivity index (χ0n) is 27.3. The number of anilines is 1. The van der Waals surface area contributed by atoms with Crippen molar-refractivity contribution >= 4 is 26.3 Å². The Balaban J connectivity index is 1.68. The Bertz CT molecular complexity index is 1420. The van der Waals surface area contributed by atoms with Gasteiger partial charge < -0.3 is 30.6 Å². The van der Waals surface area contributed by atoms with Crippen LogP contribution < -0.4 is 16.0 Å². The van der Waals surface area contributed by atoms with Crippen LogP contribution in [0.1, 0.15) is 74.7 Å². The van der Waals surface area contributed by atoms with Crippen molar-refractivity contribution in [3.05, 3.63) is 89.0 Å². The van der Waals surface area contributed by atoms with E-state index in [0.29, 0.717) is 37.2 Å². The lowest BCUT2D eigenvalue weighted by Gasteiger charge is -2.40. The largest absolute Gasteiger partial charge is 0.508 e. The van der Waals surface area contributed by atoms with Crippen molar-refractivity contribution in [3.8, 4) is 11.5 Å². The number of hydrogen-bond donors (Lipinski definition) is 5. The third-order valence-corrected chi connectivity index (χ3v) is 13.1. The highest BCUT2D eigenvalue weighted by Gasteiger charge is 2.39. The Labute approximate surface area is 263 Å². The van der Waals surface area contributed by atoms with Crippen LogP contribution in [0.4, 0.5) is 5.69 Å². The number of phenolic OH excluding ortho intramolecular Hbond substituents is 2. The summed E-state index contributed by atoms with van der Waals surface area (Å²) < 4.78 is 6.82. The molecule has 5 N–H and O–H groups in total. The maximum atomic E-state index is 13.1. The molecular weight excluding hydrogens is 570 g/mol. The van der Waals surface area contributed by atoms with E-state index < -0.39 is 8.32 Å². The molecule has 9 heteroatoms. The van der Waals surface area contributed by atoms with E-state index in [2.05, 4.69) is 70.6 Å². The molecule has 0 aromatic heterocycles. The van der Waals surface area contributed by atoms with Gasteiger partial charge in [0.1, 0.15) is 11.5 Å². The Kier molecular flexibility index (Phi) is 11.4. The Morgan fingerprint density at radius 2 is 1.66 bits per heavy atom. The smallest absolute Gasteiger partial charge is 0.251 e. The fourth-order valence-corrected chi connectivity index (χ4v) is 5.97. The van der Waals surface area contributed by atoms with Crippen molar-refractivity contribution < 1.29 is 24.2 Å². The van der Waals surface area contributed by atoms with Crippen LogP contribution in [0.5, 0.6) is 11.5 Å². The van der Waals surface area contributed by atoms with Crippen molar-refractivity contribution in [1.82, 2.24) is 10.6 Å². The molecule has 0 saturated heterocycles. The van der Waals surface area contributed by atoms with Crippen molar-refractivity contribution in [2.24, 2.45) is 0 Å². The van der Waals surface area contributed by atoms with E-state index in [1.54, 1.807) is 24.3 Å². The van der Waals surface area contributed by atoms with Gasteiger partial charge in [0.2, 0.25) is 6.41 Å². The average molecular weight is 620 g/mol. The zero-order chi connectivity index (χ0) is 32.7. The molecule has 0 aliphatic rings. The summed E-state index contributed by atoms with van der Waals surface area (Å²) >= 11 is 0. The lowest BCUT2D eigenvalue weighted by Crippen LogP contribution is -2.44. The monoisotopic (exact) mass is 619 g/mol. The van der Waals surface area contributed by atoms with Gasteiger partial charge in [0.25, 0.3) is 5.91 Å². The molecule has 0 heterocycles. The molecule has 0 fully saturated rings. The predicted octanol–water partition coefficient (Wildman–Crippen LogP) is 6.66. The molecule has 3 aromatic carbocycles. The summed E-state index contributed by atoms with van der Waals surface area (Å²) in [6.07, 6.45) is 0.967. The van der Waals surface area contributed by atoms with Crippen molar-refractivity contribution in [1.29, 1.82) is 0 Å². The lowest BCUT2D eigenvalue weighted by molar-refractivity contribution is -0.105. The summed E-state index contributed by atoms with van der Waals surface area (Å²) in [5.41, 5.74) is 3.59. The number of phenols is 2. The number of nitrogens with one attached hydrogen (secondary N) is 3. The molecule has 238 valence electrons. The van der Waals surface area contributed by atoms with Gasteiger partial charge in [-0.1, -0.05) is 65.0 Å². The average Bonchev–Trinajstić information content (AvgIpc) is 2.95. The van der Waals surface area contributed by atoms with Crippen LogP contribution in [-0.4, -0.2) is 50.0 Å². The number of amides is 2. The van der Waals surface area contributed by atoms with E-state index in [1.165, 1.54) is 0 Å². The standard InChI is InChI=1S/C35H49N3O5Si/c1-24(36-21-32(43-44(7,8)34(2,3)4)26-12-17-31(41)30(20-26)38-23-39)18-25-10-9-11-27(19-25)33(42)37-22-35(5,6)28-13-15-29(40)16-14-28/h9-17,19-20,23-24,32,36,40-41H,18,21-22H2,1-8H3,(H,37,42)(H,38,39). The zero-order valence-corrected chi connectivity index (χ0v) is 28.3. The van der Waals surface area contributed by atoms with E-state index in [9.17, 15) is 19.8 Å². The number of rotatable bonds is 14. The molecule has 0 radical (unpaired) electrons. The highest BCUT2D eigenvalue weighted by atomic mass is 28.4. The van der Waals surface area contributed by atoms with E-state index in [4.69, 9.17) is 4.43 Å². The molecule has 0 saturated carbocycles. The van der Waals surface area contributed by atoms with Gasteiger partial charge in [-0.25, -0.2) is 0 Å². The number of carbonyl (C=O) groups is 2. The molecule has 2 atom stereocenters. The van der Waals surface area contributed by atoms with Gasteiger partial charge in [0, 0.05) is 30.1 Å². The maximum absolute atomic E-state index is 13.1. The Morgan fingerprint density at radius 1 is 0.977 bits per heavy atom. The van der Waals surface area contributed by atoms with Gasteiger partial charge >= 0.3 is 0 Å². The number of benzene rings is 3. The predicted molar refractivity (Wildman–Crippen MR) is 180 cm³/mol. The van der Waals surface area contributed by atoms with Gasteiger partial charge in [-0.2, -0.15) is 0 Å². The molecular formula is C35H49N3O5Si. The molecule has 0 aliphatic heterocycles. The molecule has 0 spiro atoms. The van der Waals surface area contributed by atoms with E-state index in [-0.39, 0.29) is 40.0 Å². The molecule has 44 heavy (non-hydrogen) atoms. The van der Waals surface area contributed by atoms with Crippen LogP contribution in [-0.2, 0) is 21.1 Å². The fraction of sp³-hybridized carbons (Fsp3) is 0.429. The topological polar surface area (TPSA) is 120 Å². The Hall–Kier alpha value is -3.66. The fourth-order valence-electron chi connectivity index (χ4n) is 4.68. The molecule has 3 aromatic rings. The van der Waals surface area contributed by atoms with E-state index in [1.807, 2.05) is 42.5 Å². The van der Waals surface area contributed by atoms with Crippen molar-refractivity contribution in [3.63, 3.8) is 0 Å². The summed E-state index contributed by atoms with van der Waals surface area (Å²) in [6.45, 7) is 18.2. The molecule has 0 aliphatic carbocycles. The normalized spacial score (nSPS) is 13.6. The summed E-state index contributed by atoms with van der Waals surface area (Å²) in [6, 6.07) is 20.0. The Morgan fingerprint density at radius 3 is 2.30 bits per heavy atom. The third kappa shape index (κ3) is 9.42. The second-order valence-electron chi connectivity index (χ2n) is 13.7. The van der Waals surface area contributed by atoms with E-state index in [0.717, 1.165) is 16.7 Å². The lowest BCUT2D eigenvalue weighted by atomic mass is 9.84. The van der Waals surface area contributed by atoms with Crippen LogP contribution in [0.2, 0.25) is 18.1 Å².